The first-order valence-corrected chi connectivity index (χ1v) is 4.62. The second-order valence-electron chi connectivity index (χ2n) is 3.12. The third-order valence-corrected chi connectivity index (χ3v) is 1.96. The van der Waals surface area contributed by atoms with E-state index in [-0.39, 0.29) is 18.7 Å². The summed E-state index contributed by atoms with van der Waals surface area (Å²) in [6, 6.07) is 10.2. The molecule has 0 amide bonds. The molecule has 0 aliphatic heterocycles. The van der Waals surface area contributed by atoms with E-state index in [4.69, 9.17) is 4.74 Å². The Hall–Kier alpha value is -1.35. The highest BCUT2D eigenvalue weighted by atomic mass is 16.5. The highest BCUT2D eigenvalue weighted by molar-refractivity contribution is 5.65. The molecule has 0 fully saturated rings. The number of hydrogen-bond donors (Lipinski definition) is 1. The van der Waals surface area contributed by atoms with Crippen LogP contribution in [0.5, 0.6) is 0 Å². The van der Waals surface area contributed by atoms with Crippen LogP contribution in [0, 0.1) is 0 Å². The minimum atomic E-state index is -0.266. The molecule has 0 aliphatic rings. The smallest absolute Gasteiger partial charge is 0.303 e. The van der Waals surface area contributed by atoms with Crippen molar-refractivity contribution >= 4 is 5.97 Å². The van der Waals surface area contributed by atoms with Crippen LogP contribution in [0.2, 0.25) is 0 Å². The Labute approximate surface area is 84.1 Å². The fourth-order valence-corrected chi connectivity index (χ4v) is 1.13. The zero-order chi connectivity index (χ0) is 10.4. The third-order valence-electron chi connectivity index (χ3n) is 1.96. The Kier molecular flexibility index (Phi) is 4.13. The summed E-state index contributed by atoms with van der Waals surface area (Å²) < 4.78 is 4.78. The van der Waals surface area contributed by atoms with Gasteiger partial charge in [-0.2, -0.15) is 0 Å². The van der Waals surface area contributed by atoms with Gasteiger partial charge in [-0.15, -0.1) is 0 Å². The van der Waals surface area contributed by atoms with Gasteiger partial charge in [0.2, 0.25) is 0 Å². The SMILES string of the molecule is CC(=O)OCN[C@@H](C)c1ccccc1. The van der Waals surface area contributed by atoms with Crippen molar-refractivity contribution in [3.63, 3.8) is 0 Å². The van der Waals surface area contributed by atoms with E-state index in [0.717, 1.165) is 0 Å². The van der Waals surface area contributed by atoms with Crippen molar-refractivity contribution in [3.05, 3.63) is 35.9 Å². The second-order valence-corrected chi connectivity index (χ2v) is 3.12. The minimum absolute atomic E-state index is 0.190. The standard InChI is InChI=1S/C11H15NO2/c1-9(12-8-14-10(2)13)11-6-4-3-5-7-11/h3-7,9,12H,8H2,1-2H3/t9-/m0/s1. The largest absolute Gasteiger partial charge is 0.450 e. The summed E-state index contributed by atoms with van der Waals surface area (Å²) in [5.74, 6) is -0.266. The zero-order valence-electron chi connectivity index (χ0n) is 8.49. The topological polar surface area (TPSA) is 38.3 Å². The summed E-state index contributed by atoms with van der Waals surface area (Å²) in [7, 11) is 0. The number of nitrogens with one attached hydrogen (secondary N) is 1. The van der Waals surface area contributed by atoms with Crippen LogP contribution in [0.25, 0.3) is 0 Å². The normalized spacial score (nSPS) is 12.1. The number of benzene rings is 1. The summed E-state index contributed by atoms with van der Waals surface area (Å²) in [4.78, 5) is 10.5. The van der Waals surface area contributed by atoms with Gasteiger partial charge >= 0.3 is 5.97 Å². The molecule has 0 saturated carbocycles. The summed E-state index contributed by atoms with van der Waals surface area (Å²) in [6.45, 7) is 3.68. The molecule has 0 heterocycles. The van der Waals surface area contributed by atoms with E-state index in [1.165, 1.54) is 12.5 Å². The van der Waals surface area contributed by atoms with Gasteiger partial charge in [0.1, 0.15) is 6.73 Å². The average molecular weight is 193 g/mol. The number of esters is 1. The van der Waals surface area contributed by atoms with Gasteiger partial charge in [0.25, 0.3) is 0 Å². The highest BCUT2D eigenvalue weighted by Crippen LogP contribution is 2.10. The van der Waals surface area contributed by atoms with E-state index in [1.807, 2.05) is 37.3 Å². The van der Waals surface area contributed by atoms with Gasteiger partial charge < -0.3 is 4.74 Å². The molecule has 76 valence electrons. The molecule has 0 saturated heterocycles. The predicted molar refractivity (Wildman–Crippen MR) is 54.6 cm³/mol. The lowest BCUT2D eigenvalue weighted by Gasteiger charge is -2.13. The van der Waals surface area contributed by atoms with Crippen LogP contribution in [-0.4, -0.2) is 12.7 Å². The van der Waals surface area contributed by atoms with Crippen molar-refractivity contribution < 1.29 is 9.53 Å². The van der Waals surface area contributed by atoms with Gasteiger partial charge in [-0.1, -0.05) is 30.3 Å². The van der Waals surface area contributed by atoms with Gasteiger partial charge in [-0.3, -0.25) is 10.1 Å². The predicted octanol–water partition coefficient (Wildman–Crippen LogP) is 1.86. The Bertz CT molecular complexity index is 285. The van der Waals surface area contributed by atoms with Gasteiger partial charge in [0.15, 0.2) is 0 Å². The number of carbonyl (C=O) groups excluding carboxylic acids is 1. The van der Waals surface area contributed by atoms with Crippen LogP contribution >= 0.6 is 0 Å². The van der Waals surface area contributed by atoms with Gasteiger partial charge in [-0.05, 0) is 12.5 Å². The molecule has 3 heteroatoms. The lowest BCUT2D eigenvalue weighted by atomic mass is 10.1. The number of hydrogen-bond acceptors (Lipinski definition) is 3. The number of ether oxygens (including phenoxy) is 1. The molecule has 0 spiro atoms. The quantitative estimate of drug-likeness (QED) is 0.586. The van der Waals surface area contributed by atoms with E-state index in [9.17, 15) is 4.79 Å². The van der Waals surface area contributed by atoms with Gasteiger partial charge in [-0.25, -0.2) is 0 Å². The van der Waals surface area contributed by atoms with Crippen LogP contribution in [0.15, 0.2) is 30.3 Å². The maximum atomic E-state index is 10.5. The number of carbonyl (C=O) groups is 1. The molecule has 1 aromatic carbocycles. The maximum Gasteiger partial charge on any atom is 0.303 e. The maximum absolute atomic E-state index is 10.5. The molecule has 1 atom stereocenters. The third kappa shape index (κ3) is 3.58. The lowest BCUT2D eigenvalue weighted by Crippen LogP contribution is -2.23. The molecule has 0 aliphatic carbocycles. The minimum Gasteiger partial charge on any atom is -0.450 e. The summed E-state index contributed by atoms with van der Waals surface area (Å²) in [5, 5.41) is 3.09. The molecule has 0 radical (unpaired) electrons. The Morgan fingerprint density at radius 3 is 2.64 bits per heavy atom. The van der Waals surface area contributed by atoms with Crippen LogP contribution in [-0.2, 0) is 9.53 Å². The first kappa shape index (κ1) is 10.7. The Morgan fingerprint density at radius 2 is 2.07 bits per heavy atom. The van der Waals surface area contributed by atoms with Gasteiger partial charge in [0, 0.05) is 13.0 Å². The van der Waals surface area contributed by atoms with E-state index < -0.39 is 0 Å². The molecule has 0 aromatic heterocycles. The molecule has 14 heavy (non-hydrogen) atoms. The van der Waals surface area contributed by atoms with Crippen LogP contribution < -0.4 is 5.32 Å². The van der Waals surface area contributed by atoms with Crippen molar-refractivity contribution in [2.45, 2.75) is 19.9 Å². The van der Waals surface area contributed by atoms with E-state index in [0.29, 0.717) is 0 Å². The first-order valence-electron chi connectivity index (χ1n) is 4.62. The van der Waals surface area contributed by atoms with Crippen molar-refractivity contribution in [2.75, 3.05) is 6.73 Å². The summed E-state index contributed by atoms with van der Waals surface area (Å²) in [5.41, 5.74) is 1.18. The van der Waals surface area contributed by atoms with Crippen molar-refractivity contribution in [1.29, 1.82) is 0 Å². The molecule has 1 rings (SSSR count). The zero-order valence-corrected chi connectivity index (χ0v) is 8.49. The van der Waals surface area contributed by atoms with Crippen LogP contribution in [0.4, 0.5) is 0 Å². The van der Waals surface area contributed by atoms with E-state index in [2.05, 4.69) is 5.32 Å². The number of rotatable bonds is 4. The van der Waals surface area contributed by atoms with Crippen LogP contribution in [0.3, 0.4) is 0 Å². The Balaban J connectivity index is 2.36. The molecule has 3 nitrogen and oxygen atoms in total. The summed E-state index contributed by atoms with van der Waals surface area (Å²) >= 11 is 0. The second kappa shape index (κ2) is 5.40. The van der Waals surface area contributed by atoms with Gasteiger partial charge in [0.05, 0.1) is 0 Å². The van der Waals surface area contributed by atoms with Crippen molar-refractivity contribution in [2.24, 2.45) is 0 Å². The van der Waals surface area contributed by atoms with E-state index in [1.54, 1.807) is 0 Å². The molecule has 0 unspecified atom stereocenters. The summed E-state index contributed by atoms with van der Waals surface area (Å²) in [6.07, 6.45) is 0. The molecular weight excluding hydrogens is 178 g/mol. The molecule has 0 bridgehead atoms. The van der Waals surface area contributed by atoms with E-state index >= 15 is 0 Å². The fourth-order valence-electron chi connectivity index (χ4n) is 1.13. The first-order chi connectivity index (χ1) is 6.70. The lowest BCUT2D eigenvalue weighted by molar-refractivity contribution is -0.141. The van der Waals surface area contributed by atoms with Crippen molar-refractivity contribution in [1.82, 2.24) is 5.32 Å². The monoisotopic (exact) mass is 193 g/mol. The fraction of sp³-hybridized carbons (Fsp3) is 0.364. The average Bonchev–Trinajstić information content (AvgIpc) is 2.18. The van der Waals surface area contributed by atoms with Crippen LogP contribution in [0.1, 0.15) is 25.5 Å². The van der Waals surface area contributed by atoms with Crippen molar-refractivity contribution in [3.8, 4) is 0 Å². The highest BCUT2D eigenvalue weighted by Gasteiger charge is 2.03. The molecule has 1 aromatic rings. The molecule has 1 N–H and O–H groups in total. The molecular formula is C11H15NO2. The Morgan fingerprint density at radius 1 is 1.43 bits per heavy atom.